The number of pyridine rings is 1. The molecule has 87 heavy (non-hydrogen) atoms. The second-order valence-corrected chi connectivity index (χ2v) is 21.6. The third-order valence-corrected chi connectivity index (χ3v) is 14.6. The van der Waals surface area contributed by atoms with Crippen LogP contribution in [-0.2, 0) is 48.0 Å². The van der Waals surface area contributed by atoms with Crippen molar-refractivity contribution in [2.45, 2.75) is 63.7 Å². The lowest BCUT2D eigenvalue weighted by molar-refractivity contribution is -0.152. The number of amides is 5. The van der Waals surface area contributed by atoms with Crippen LogP contribution in [0.25, 0.3) is 0 Å². The molecule has 5 N–H and O–H groups in total. The summed E-state index contributed by atoms with van der Waals surface area (Å²) in [6.07, 6.45) is -0.0344. The number of nitrogens with one attached hydrogen (secondary N) is 3. The maximum absolute atomic E-state index is 14.4. The molecule has 472 valence electrons. The first-order valence-electron chi connectivity index (χ1n) is 28.6. The molecule has 3 aromatic carbocycles. The number of rotatable bonds is 37. The van der Waals surface area contributed by atoms with Gasteiger partial charge in [-0.25, -0.2) is 14.2 Å². The Kier molecular flexibility index (Phi) is 29.6. The smallest absolute Gasteiger partial charge is 0.390 e. The van der Waals surface area contributed by atoms with Crippen molar-refractivity contribution in [3.63, 3.8) is 0 Å². The van der Waals surface area contributed by atoms with E-state index < -0.39 is 48.8 Å². The lowest BCUT2D eigenvalue weighted by Crippen LogP contribution is -2.47. The molecule has 5 amide bonds. The maximum Gasteiger partial charge on any atom is 0.390 e. The third kappa shape index (κ3) is 26.7. The van der Waals surface area contributed by atoms with Crippen molar-refractivity contribution in [2.75, 3.05) is 130 Å². The van der Waals surface area contributed by atoms with Crippen LogP contribution in [0.15, 0.2) is 107 Å². The molecule has 0 spiro atoms. The van der Waals surface area contributed by atoms with Crippen LogP contribution in [0.5, 0.6) is 11.5 Å². The Morgan fingerprint density at radius 2 is 1.48 bits per heavy atom. The zero-order valence-corrected chi connectivity index (χ0v) is 50.6. The number of aliphatic imine (C=N–C) groups is 1. The van der Waals surface area contributed by atoms with Gasteiger partial charge in [-0.3, -0.25) is 29.7 Å². The first kappa shape index (κ1) is 68.8. The summed E-state index contributed by atoms with van der Waals surface area (Å²) in [7, 11) is 4.05. The van der Waals surface area contributed by atoms with Crippen molar-refractivity contribution in [3.05, 3.63) is 130 Å². The average Bonchev–Trinajstić information content (AvgIpc) is 4.16. The quantitative estimate of drug-likeness (QED) is 0.00968. The van der Waals surface area contributed by atoms with E-state index in [4.69, 9.17) is 41.1 Å². The number of aromatic nitrogens is 2. The molecule has 1 unspecified atom stereocenters. The number of urea groups is 1. The van der Waals surface area contributed by atoms with E-state index in [0.717, 1.165) is 67.9 Å². The highest BCUT2D eigenvalue weighted by Gasteiger charge is 2.36. The molecule has 1 aliphatic rings. The molecule has 1 atom stereocenters. The number of alkyl halides is 3. The van der Waals surface area contributed by atoms with Gasteiger partial charge in [0.1, 0.15) is 30.0 Å². The van der Waals surface area contributed by atoms with Gasteiger partial charge >= 0.3 is 12.2 Å². The number of halogens is 5. The number of carbonyl (C=O) groups is 4. The molecule has 0 aliphatic carbocycles. The van der Waals surface area contributed by atoms with Gasteiger partial charge in [0.2, 0.25) is 17.7 Å². The normalized spacial score (nSPS) is 13.4. The Bertz CT molecular complexity index is 2940. The number of hydrazone groups is 1. The SMILES string of the molecule is CN(CCCCOc1ccc(CCC(=O)N(CCC(F)(F)F)C(C(=O)NCc2ccc(Cl)cc2)c2cncc(F)c2)cc1)CCOCCOCC/C(C=NCCOCCOc1ccc(NC(=O)Nc2nc(CC(=O)N3CCN(C)CC3)cs2)cc1)=N/N. The molecule has 2 aromatic heterocycles. The molecule has 0 bridgehead atoms. The van der Waals surface area contributed by atoms with Gasteiger partial charge in [-0.1, -0.05) is 35.9 Å². The van der Waals surface area contributed by atoms with Crippen molar-refractivity contribution < 1.29 is 60.4 Å². The van der Waals surface area contributed by atoms with Gasteiger partial charge in [0.15, 0.2) is 5.13 Å². The minimum atomic E-state index is -4.63. The van der Waals surface area contributed by atoms with Crippen molar-refractivity contribution in [1.29, 1.82) is 0 Å². The number of aryl methyl sites for hydroxylation is 1. The summed E-state index contributed by atoms with van der Waals surface area (Å²) < 4.78 is 83.8. The highest BCUT2D eigenvalue weighted by atomic mass is 35.5. The highest BCUT2D eigenvalue weighted by molar-refractivity contribution is 7.14. The van der Waals surface area contributed by atoms with E-state index in [9.17, 15) is 36.7 Å². The predicted octanol–water partition coefficient (Wildman–Crippen LogP) is 8.06. The van der Waals surface area contributed by atoms with Crippen LogP contribution in [0.2, 0.25) is 5.02 Å². The van der Waals surface area contributed by atoms with Crippen molar-refractivity contribution in [2.24, 2.45) is 15.9 Å². The van der Waals surface area contributed by atoms with Crippen LogP contribution >= 0.6 is 22.9 Å². The number of thiazole rings is 1. The number of piperazine rings is 1. The molecular weight excluding hydrogens is 1180 g/mol. The van der Waals surface area contributed by atoms with E-state index in [2.05, 4.69) is 45.8 Å². The van der Waals surface area contributed by atoms with Gasteiger partial charge in [-0.2, -0.15) is 18.3 Å². The molecule has 27 heteroatoms. The molecule has 1 saturated heterocycles. The van der Waals surface area contributed by atoms with Gasteiger partial charge < -0.3 is 59.8 Å². The monoisotopic (exact) mass is 1250 g/mol. The number of nitrogens with two attached hydrogens (primary N) is 1. The molecular formula is C60H77ClF4N12O9S. The van der Waals surface area contributed by atoms with E-state index in [0.29, 0.717) is 123 Å². The van der Waals surface area contributed by atoms with Gasteiger partial charge in [0.25, 0.3) is 0 Å². The largest absolute Gasteiger partial charge is 0.494 e. The lowest BCUT2D eigenvalue weighted by atomic mass is 10.0. The van der Waals surface area contributed by atoms with Gasteiger partial charge in [-0.05, 0) is 106 Å². The summed E-state index contributed by atoms with van der Waals surface area (Å²) >= 11 is 7.23. The second kappa shape index (κ2) is 37.4. The minimum Gasteiger partial charge on any atom is -0.494 e. The fourth-order valence-corrected chi connectivity index (χ4v) is 9.50. The Hall–Kier alpha value is -7.33. The van der Waals surface area contributed by atoms with E-state index in [1.807, 2.05) is 19.0 Å². The molecule has 3 heterocycles. The minimum absolute atomic E-state index is 0.0137. The Labute approximate surface area is 513 Å². The molecule has 21 nitrogen and oxygen atoms in total. The number of hydrogen-bond donors (Lipinski definition) is 4. The number of ether oxygens (including phenoxy) is 5. The Balaban J connectivity index is 0.751. The van der Waals surface area contributed by atoms with Crippen LogP contribution in [-0.4, -0.2) is 191 Å². The van der Waals surface area contributed by atoms with Crippen LogP contribution in [0.4, 0.5) is 33.2 Å². The van der Waals surface area contributed by atoms with Crippen LogP contribution in [0.3, 0.4) is 0 Å². The zero-order valence-electron chi connectivity index (χ0n) is 49.0. The predicted molar refractivity (Wildman–Crippen MR) is 326 cm³/mol. The number of unbranched alkanes of at least 4 members (excludes halogenated alkanes) is 1. The summed E-state index contributed by atoms with van der Waals surface area (Å²) in [6, 6.07) is 19.5. The number of hydrogen-bond acceptors (Lipinski definition) is 17. The standard InChI is InChI=1S/C60H77ClF4N12O9S/c1-74(22-3-4-29-85-52-14-7-44(8-15-52)9-18-54(78)77(23-20-60(63,64)65)56(46-37-48(62)41-68-40-46)57(80)69-39-45-5-10-47(61)11-6-45)28-32-84-34-33-82-30-19-50(73-66)42-67-21-31-83-35-36-86-53-16-12-49(13-17-53)70-58(81)72-59-71-51(43-87-59)38-55(79)76-26-24-75(2)25-27-76/h5-8,10-17,37,40-43,56H,3-4,9,18-36,38-39,66H2,1-2H3,(H,69,80)(H2,70,71,72,81)/b67-42?,73-50-. The first-order valence-corrected chi connectivity index (χ1v) is 29.9. The lowest BCUT2D eigenvalue weighted by Gasteiger charge is -2.32. The average molecular weight is 1250 g/mol. The zero-order chi connectivity index (χ0) is 62.2. The van der Waals surface area contributed by atoms with Crippen LogP contribution < -0.4 is 31.3 Å². The van der Waals surface area contributed by atoms with Crippen LogP contribution in [0, 0.1) is 5.82 Å². The third-order valence-electron chi connectivity index (χ3n) is 13.5. The summed E-state index contributed by atoms with van der Waals surface area (Å²) in [6.45, 7) is 7.54. The highest BCUT2D eigenvalue weighted by Crippen LogP contribution is 2.28. The van der Waals surface area contributed by atoms with Gasteiger partial charge in [0.05, 0.1) is 83.2 Å². The Morgan fingerprint density at radius 3 is 2.20 bits per heavy atom. The van der Waals surface area contributed by atoms with Crippen molar-refractivity contribution in [3.8, 4) is 11.5 Å². The summed E-state index contributed by atoms with van der Waals surface area (Å²) in [5.74, 6) is 4.50. The topological polar surface area (TPSA) is 240 Å². The molecule has 6 rings (SSSR count). The first-order chi connectivity index (χ1) is 42.0. The summed E-state index contributed by atoms with van der Waals surface area (Å²) in [5, 5.41) is 14.6. The number of benzene rings is 3. The fraction of sp³-hybridized carbons (Fsp3) is 0.467. The fourth-order valence-electron chi connectivity index (χ4n) is 8.67. The van der Waals surface area contributed by atoms with E-state index >= 15 is 0 Å². The van der Waals surface area contributed by atoms with Gasteiger partial charge in [0, 0.05) is 92.7 Å². The molecule has 1 aliphatic heterocycles. The number of likely N-dealkylation sites (N-methyl/N-ethyl adjacent to an activating group) is 2. The molecule has 0 radical (unpaired) electrons. The number of nitrogens with zero attached hydrogens (tertiary/aromatic N) is 8. The van der Waals surface area contributed by atoms with E-state index in [1.54, 1.807) is 84.4 Å². The molecule has 1 fully saturated rings. The van der Waals surface area contributed by atoms with E-state index in [1.165, 1.54) is 11.3 Å². The van der Waals surface area contributed by atoms with Crippen LogP contribution in [0.1, 0.15) is 60.5 Å². The van der Waals surface area contributed by atoms with E-state index in [-0.39, 0.29) is 37.3 Å². The Morgan fingerprint density at radius 1 is 0.805 bits per heavy atom. The molecule has 0 saturated carbocycles. The second-order valence-electron chi connectivity index (χ2n) is 20.3. The number of anilines is 2. The molecule has 5 aromatic rings. The summed E-state index contributed by atoms with van der Waals surface area (Å²) in [4.78, 5) is 72.2. The van der Waals surface area contributed by atoms with Crippen molar-refractivity contribution in [1.82, 2.24) is 34.9 Å². The van der Waals surface area contributed by atoms with Gasteiger partial charge in [-0.15, -0.1) is 11.3 Å². The van der Waals surface area contributed by atoms with Crippen molar-refractivity contribution >= 4 is 69.4 Å². The summed E-state index contributed by atoms with van der Waals surface area (Å²) in [5.41, 5.74) is 3.10. The maximum atomic E-state index is 14.4. The number of carbonyl (C=O) groups excluding carboxylic acids is 4.